The lowest BCUT2D eigenvalue weighted by Crippen LogP contribution is -2.29. The highest BCUT2D eigenvalue weighted by Gasteiger charge is 2.13. The second-order valence-corrected chi connectivity index (χ2v) is 6.28. The fourth-order valence-electron chi connectivity index (χ4n) is 2.17. The van der Waals surface area contributed by atoms with E-state index in [1.54, 1.807) is 18.2 Å². The number of amides is 1. The summed E-state index contributed by atoms with van der Waals surface area (Å²) in [6.07, 6.45) is 1.31. The van der Waals surface area contributed by atoms with Gasteiger partial charge >= 0.3 is 0 Å². The lowest BCUT2D eigenvalue weighted by Gasteiger charge is -2.11. The summed E-state index contributed by atoms with van der Waals surface area (Å²) >= 11 is 12.1. The first kappa shape index (κ1) is 20.3. The molecule has 2 rings (SSSR count). The van der Waals surface area contributed by atoms with Gasteiger partial charge in [0, 0.05) is 5.69 Å². The molecule has 6 nitrogen and oxygen atoms in total. The van der Waals surface area contributed by atoms with Gasteiger partial charge in [0.15, 0.2) is 5.75 Å². The molecule has 0 bridgehead atoms. The van der Waals surface area contributed by atoms with E-state index in [0.717, 1.165) is 5.56 Å². The van der Waals surface area contributed by atoms with Crippen LogP contribution in [0.4, 0.5) is 5.69 Å². The monoisotopic (exact) mass is 403 g/mol. The molecule has 1 amide bonds. The molecular formula is C19H13Cl2N2O4-. The van der Waals surface area contributed by atoms with E-state index in [0.29, 0.717) is 11.3 Å². The summed E-state index contributed by atoms with van der Waals surface area (Å²) in [6.45, 7) is 1.17. The van der Waals surface area contributed by atoms with Crippen molar-refractivity contribution in [3.63, 3.8) is 0 Å². The van der Waals surface area contributed by atoms with Crippen molar-refractivity contribution in [1.82, 2.24) is 0 Å². The van der Waals surface area contributed by atoms with Gasteiger partial charge in [-0.15, -0.1) is 0 Å². The molecule has 1 N–H and O–H groups in total. The Hall–Kier alpha value is -3.01. The van der Waals surface area contributed by atoms with Gasteiger partial charge in [0.25, 0.3) is 5.91 Å². The molecule has 0 saturated carbocycles. The SMILES string of the molecule is Cc1cccc(NC(=O)/C(C#N)=C\c2cc(Cl)c(OCC(=O)[O-])c(Cl)c2)c1. The number of carbonyl (C=O) groups excluding carboxylic acids is 2. The van der Waals surface area contributed by atoms with Crippen molar-refractivity contribution in [2.45, 2.75) is 6.92 Å². The molecule has 0 unspecified atom stereocenters. The van der Waals surface area contributed by atoms with Crippen LogP contribution >= 0.6 is 23.2 Å². The molecule has 0 aromatic heterocycles. The Morgan fingerprint density at radius 3 is 2.48 bits per heavy atom. The van der Waals surface area contributed by atoms with Crippen LogP contribution in [0.3, 0.4) is 0 Å². The number of rotatable bonds is 6. The van der Waals surface area contributed by atoms with E-state index < -0.39 is 18.5 Å². The number of carbonyl (C=O) groups is 2. The number of aliphatic carboxylic acids is 1. The summed E-state index contributed by atoms with van der Waals surface area (Å²) in [5.41, 5.74) is 1.73. The zero-order chi connectivity index (χ0) is 20.0. The zero-order valence-electron chi connectivity index (χ0n) is 14.1. The van der Waals surface area contributed by atoms with Crippen LogP contribution in [-0.2, 0) is 9.59 Å². The highest BCUT2D eigenvalue weighted by molar-refractivity contribution is 6.37. The Kier molecular flexibility index (Phi) is 6.83. The number of halogens is 2. The maximum Gasteiger partial charge on any atom is 0.266 e. The van der Waals surface area contributed by atoms with Crippen LogP contribution in [0.2, 0.25) is 10.0 Å². The van der Waals surface area contributed by atoms with Crippen LogP contribution in [0, 0.1) is 18.3 Å². The number of hydrogen-bond acceptors (Lipinski definition) is 5. The first-order chi connectivity index (χ1) is 12.8. The largest absolute Gasteiger partial charge is 0.546 e. The predicted molar refractivity (Wildman–Crippen MR) is 100 cm³/mol. The van der Waals surface area contributed by atoms with Gasteiger partial charge in [-0.1, -0.05) is 35.3 Å². The molecular weight excluding hydrogens is 391 g/mol. The topological polar surface area (TPSA) is 102 Å². The van der Waals surface area contributed by atoms with Gasteiger partial charge in [0.1, 0.15) is 18.2 Å². The number of anilines is 1. The fraction of sp³-hybridized carbons (Fsp3) is 0.105. The Bertz CT molecular complexity index is 941. The maximum absolute atomic E-state index is 12.3. The minimum atomic E-state index is -1.43. The molecule has 2 aromatic rings. The van der Waals surface area contributed by atoms with E-state index in [-0.39, 0.29) is 21.4 Å². The third-order valence-corrected chi connectivity index (χ3v) is 3.87. The van der Waals surface area contributed by atoms with E-state index in [2.05, 4.69) is 5.32 Å². The van der Waals surface area contributed by atoms with Gasteiger partial charge in [-0.2, -0.15) is 5.26 Å². The Morgan fingerprint density at radius 2 is 1.93 bits per heavy atom. The van der Waals surface area contributed by atoms with Crippen molar-refractivity contribution in [1.29, 1.82) is 5.26 Å². The van der Waals surface area contributed by atoms with Gasteiger partial charge in [-0.25, -0.2) is 0 Å². The standard InChI is InChI=1S/C19H14Cl2N2O4/c1-11-3-2-4-14(5-11)23-19(26)13(9-22)6-12-7-15(20)18(16(21)8-12)27-10-17(24)25/h2-8H,10H2,1H3,(H,23,26)(H,24,25)/p-1/b13-6-. The Morgan fingerprint density at radius 1 is 1.26 bits per heavy atom. The Labute approximate surface area is 165 Å². The number of carboxylic acids is 1. The summed E-state index contributed by atoms with van der Waals surface area (Å²) in [5.74, 6) is -2.04. The third-order valence-electron chi connectivity index (χ3n) is 3.31. The second-order valence-electron chi connectivity index (χ2n) is 5.47. The predicted octanol–water partition coefficient (Wildman–Crippen LogP) is 2.98. The van der Waals surface area contributed by atoms with E-state index in [1.807, 2.05) is 19.1 Å². The van der Waals surface area contributed by atoms with Gasteiger partial charge in [-0.3, -0.25) is 4.79 Å². The minimum absolute atomic E-state index is 0.0256. The van der Waals surface area contributed by atoms with Crippen LogP contribution in [0.1, 0.15) is 11.1 Å². The van der Waals surface area contributed by atoms with Crippen molar-refractivity contribution in [3.8, 4) is 11.8 Å². The van der Waals surface area contributed by atoms with Crippen molar-refractivity contribution in [2.24, 2.45) is 0 Å². The summed E-state index contributed by atoms with van der Waals surface area (Å²) < 4.78 is 4.96. The number of aryl methyl sites for hydroxylation is 1. The summed E-state index contributed by atoms with van der Waals surface area (Å²) in [5, 5.41) is 22.5. The first-order valence-corrected chi connectivity index (χ1v) is 8.37. The molecule has 0 heterocycles. The number of carboxylic acid groups (broad SMARTS) is 1. The lowest BCUT2D eigenvalue weighted by molar-refractivity contribution is -0.307. The average molecular weight is 404 g/mol. The molecule has 0 saturated heterocycles. The Balaban J connectivity index is 2.25. The van der Waals surface area contributed by atoms with E-state index >= 15 is 0 Å². The summed E-state index contributed by atoms with van der Waals surface area (Å²) in [6, 6.07) is 11.8. The molecule has 138 valence electrons. The summed E-state index contributed by atoms with van der Waals surface area (Å²) in [7, 11) is 0. The zero-order valence-corrected chi connectivity index (χ0v) is 15.6. The molecule has 0 aliphatic rings. The van der Waals surface area contributed by atoms with Crippen molar-refractivity contribution in [3.05, 3.63) is 63.1 Å². The van der Waals surface area contributed by atoms with Gasteiger partial charge < -0.3 is 20.0 Å². The van der Waals surface area contributed by atoms with Crippen LogP contribution in [0.15, 0.2) is 42.0 Å². The molecule has 0 radical (unpaired) electrons. The van der Waals surface area contributed by atoms with E-state index in [4.69, 9.17) is 27.9 Å². The number of nitriles is 1. The van der Waals surface area contributed by atoms with E-state index in [1.165, 1.54) is 18.2 Å². The van der Waals surface area contributed by atoms with E-state index in [9.17, 15) is 20.0 Å². The first-order valence-electron chi connectivity index (χ1n) is 7.61. The fourth-order valence-corrected chi connectivity index (χ4v) is 2.78. The number of hydrogen-bond donors (Lipinski definition) is 1. The van der Waals surface area contributed by atoms with Crippen LogP contribution in [0.5, 0.6) is 5.75 Å². The summed E-state index contributed by atoms with van der Waals surface area (Å²) in [4.78, 5) is 22.8. The molecule has 0 aliphatic carbocycles. The number of nitrogens with zero attached hydrogens (tertiary/aromatic N) is 1. The van der Waals surface area contributed by atoms with Crippen molar-refractivity contribution >= 4 is 46.8 Å². The average Bonchev–Trinajstić information content (AvgIpc) is 2.58. The minimum Gasteiger partial charge on any atom is -0.546 e. The van der Waals surface area contributed by atoms with Gasteiger partial charge in [0.2, 0.25) is 0 Å². The number of nitrogens with one attached hydrogen (secondary N) is 1. The maximum atomic E-state index is 12.3. The van der Waals surface area contributed by atoms with Gasteiger partial charge in [0.05, 0.1) is 16.0 Å². The molecule has 0 spiro atoms. The van der Waals surface area contributed by atoms with Gasteiger partial charge in [-0.05, 0) is 48.4 Å². The second kappa shape index (κ2) is 9.08. The molecule has 0 atom stereocenters. The number of benzene rings is 2. The number of ether oxygens (including phenoxy) is 1. The third kappa shape index (κ3) is 5.74. The molecule has 2 aromatic carbocycles. The van der Waals surface area contributed by atoms with Crippen LogP contribution < -0.4 is 15.2 Å². The molecule has 0 aliphatic heterocycles. The highest BCUT2D eigenvalue weighted by atomic mass is 35.5. The van der Waals surface area contributed by atoms with Crippen molar-refractivity contribution in [2.75, 3.05) is 11.9 Å². The lowest BCUT2D eigenvalue weighted by atomic mass is 10.1. The smallest absolute Gasteiger partial charge is 0.266 e. The van der Waals surface area contributed by atoms with Crippen molar-refractivity contribution < 1.29 is 19.4 Å². The quantitative estimate of drug-likeness (QED) is 0.589. The highest BCUT2D eigenvalue weighted by Crippen LogP contribution is 2.34. The van der Waals surface area contributed by atoms with Crippen LogP contribution in [0.25, 0.3) is 6.08 Å². The van der Waals surface area contributed by atoms with Crippen LogP contribution in [-0.4, -0.2) is 18.5 Å². The molecule has 0 fully saturated rings. The normalized spacial score (nSPS) is 10.8. The molecule has 8 heteroatoms. The molecule has 27 heavy (non-hydrogen) atoms.